The number of hydrogen-bond acceptors (Lipinski definition) is 3. The van der Waals surface area contributed by atoms with Crippen molar-refractivity contribution in [3.8, 4) is 0 Å². The van der Waals surface area contributed by atoms with Crippen LogP contribution in [0.1, 0.15) is 44.7 Å². The van der Waals surface area contributed by atoms with E-state index in [9.17, 15) is 0 Å². The summed E-state index contributed by atoms with van der Waals surface area (Å²) >= 11 is 0. The summed E-state index contributed by atoms with van der Waals surface area (Å²) in [6.07, 6.45) is 4.11. The Morgan fingerprint density at radius 3 is 2.71 bits per heavy atom. The van der Waals surface area contributed by atoms with Crippen molar-refractivity contribution in [3.05, 3.63) is 29.8 Å². The molecule has 3 rings (SSSR count). The first kappa shape index (κ1) is 14.9. The normalized spacial score (nSPS) is 24.7. The van der Waals surface area contributed by atoms with Crippen LogP contribution in [0.2, 0.25) is 0 Å². The molecule has 2 atom stereocenters. The second kappa shape index (κ2) is 6.80. The molecule has 116 valence electrons. The first-order valence-corrected chi connectivity index (χ1v) is 8.61. The quantitative estimate of drug-likeness (QED) is 0.898. The number of rotatable bonds is 5. The van der Waals surface area contributed by atoms with E-state index in [1.807, 2.05) is 0 Å². The van der Waals surface area contributed by atoms with Gasteiger partial charge in [0, 0.05) is 30.9 Å². The van der Waals surface area contributed by atoms with E-state index in [1.54, 1.807) is 0 Å². The van der Waals surface area contributed by atoms with Crippen LogP contribution in [0.25, 0.3) is 0 Å². The van der Waals surface area contributed by atoms with E-state index >= 15 is 0 Å². The monoisotopic (exact) mass is 287 g/mol. The van der Waals surface area contributed by atoms with E-state index in [4.69, 9.17) is 0 Å². The van der Waals surface area contributed by atoms with Crippen LogP contribution in [-0.2, 0) is 0 Å². The van der Waals surface area contributed by atoms with Gasteiger partial charge in [0.25, 0.3) is 0 Å². The van der Waals surface area contributed by atoms with Gasteiger partial charge < -0.3 is 10.2 Å². The zero-order valence-electron chi connectivity index (χ0n) is 13.5. The fourth-order valence-corrected chi connectivity index (χ4v) is 3.92. The van der Waals surface area contributed by atoms with Gasteiger partial charge in [0.05, 0.1) is 0 Å². The van der Waals surface area contributed by atoms with Crippen molar-refractivity contribution in [2.24, 2.45) is 0 Å². The zero-order chi connectivity index (χ0) is 14.7. The van der Waals surface area contributed by atoms with Gasteiger partial charge in [-0.15, -0.1) is 0 Å². The molecule has 0 amide bonds. The summed E-state index contributed by atoms with van der Waals surface area (Å²) in [6.45, 7) is 10.5. The summed E-state index contributed by atoms with van der Waals surface area (Å²) < 4.78 is 0. The molecule has 1 aromatic carbocycles. The second-order valence-electron chi connectivity index (χ2n) is 6.47. The topological polar surface area (TPSA) is 18.5 Å². The second-order valence-corrected chi connectivity index (χ2v) is 6.47. The molecular weight excluding hydrogens is 258 g/mol. The van der Waals surface area contributed by atoms with E-state index in [2.05, 4.69) is 53.2 Å². The third-order valence-electron chi connectivity index (χ3n) is 5.07. The standard InChI is InChI=1S/C18H29N3/c1-3-19-15(2)17-8-4-5-9-18(17)21-13-10-16(14-21)20-11-6-7-12-20/h4-5,8-9,15-16,19H,3,6-7,10-14H2,1-2H3. The van der Waals surface area contributed by atoms with Crippen LogP contribution in [-0.4, -0.2) is 43.7 Å². The van der Waals surface area contributed by atoms with Crippen molar-refractivity contribution in [3.63, 3.8) is 0 Å². The maximum absolute atomic E-state index is 3.55. The van der Waals surface area contributed by atoms with Crippen molar-refractivity contribution >= 4 is 5.69 Å². The fraction of sp³-hybridized carbons (Fsp3) is 0.667. The van der Waals surface area contributed by atoms with Gasteiger partial charge in [-0.25, -0.2) is 0 Å². The molecule has 0 bridgehead atoms. The van der Waals surface area contributed by atoms with Crippen LogP contribution >= 0.6 is 0 Å². The zero-order valence-corrected chi connectivity index (χ0v) is 13.5. The molecular formula is C18H29N3. The lowest BCUT2D eigenvalue weighted by molar-refractivity contribution is 0.260. The molecule has 2 aliphatic heterocycles. The van der Waals surface area contributed by atoms with Crippen molar-refractivity contribution in [2.75, 3.05) is 37.6 Å². The Balaban J connectivity index is 1.72. The predicted molar refractivity (Wildman–Crippen MR) is 90.0 cm³/mol. The number of anilines is 1. The van der Waals surface area contributed by atoms with Gasteiger partial charge in [0.1, 0.15) is 0 Å². The van der Waals surface area contributed by atoms with Crippen LogP contribution in [0.5, 0.6) is 0 Å². The van der Waals surface area contributed by atoms with E-state index < -0.39 is 0 Å². The summed E-state index contributed by atoms with van der Waals surface area (Å²) in [6, 6.07) is 10.1. The highest BCUT2D eigenvalue weighted by atomic mass is 15.3. The SMILES string of the molecule is CCNC(C)c1ccccc1N1CCC(N2CCCC2)C1. The number of likely N-dealkylation sites (tertiary alicyclic amines) is 1. The van der Waals surface area contributed by atoms with Gasteiger partial charge >= 0.3 is 0 Å². The average molecular weight is 287 g/mol. The first-order valence-electron chi connectivity index (χ1n) is 8.61. The molecule has 0 radical (unpaired) electrons. The van der Waals surface area contributed by atoms with Gasteiger partial charge in [-0.05, 0) is 57.5 Å². The number of para-hydroxylation sites is 1. The van der Waals surface area contributed by atoms with Gasteiger partial charge in [-0.3, -0.25) is 4.90 Å². The molecule has 2 unspecified atom stereocenters. The van der Waals surface area contributed by atoms with E-state index in [0.29, 0.717) is 6.04 Å². The Kier molecular flexibility index (Phi) is 4.81. The van der Waals surface area contributed by atoms with Crippen LogP contribution in [0, 0.1) is 0 Å². The molecule has 1 aromatic rings. The maximum Gasteiger partial charge on any atom is 0.0415 e. The Morgan fingerprint density at radius 2 is 1.95 bits per heavy atom. The van der Waals surface area contributed by atoms with Crippen molar-refractivity contribution < 1.29 is 0 Å². The summed E-state index contributed by atoms with van der Waals surface area (Å²) in [5.74, 6) is 0. The van der Waals surface area contributed by atoms with Crippen LogP contribution < -0.4 is 10.2 Å². The Bertz CT molecular complexity index is 454. The third-order valence-corrected chi connectivity index (χ3v) is 5.07. The largest absolute Gasteiger partial charge is 0.370 e. The highest BCUT2D eigenvalue weighted by Gasteiger charge is 2.30. The molecule has 2 fully saturated rings. The van der Waals surface area contributed by atoms with Crippen molar-refractivity contribution in [1.29, 1.82) is 0 Å². The molecule has 3 heteroatoms. The van der Waals surface area contributed by atoms with E-state index in [0.717, 1.165) is 12.6 Å². The maximum atomic E-state index is 3.55. The lowest BCUT2D eigenvalue weighted by Gasteiger charge is -2.27. The lowest BCUT2D eigenvalue weighted by Crippen LogP contribution is -2.35. The summed E-state index contributed by atoms with van der Waals surface area (Å²) in [7, 11) is 0. The van der Waals surface area contributed by atoms with Gasteiger partial charge in [0.15, 0.2) is 0 Å². The number of nitrogens with one attached hydrogen (secondary N) is 1. The minimum atomic E-state index is 0.428. The molecule has 2 saturated heterocycles. The van der Waals surface area contributed by atoms with Gasteiger partial charge in [0.2, 0.25) is 0 Å². The van der Waals surface area contributed by atoms with Gasteiger partial charge in [-0.2, -0.15) is 0 Å². The molecule has 2 heterocycles. The van der Waals surface area contributed by atoms with Crippen LogP contribution in [0.3, 0.4) is 0 Å². The molecule has 1 N–H and O–H groups in total. The predicted octanol–water partition coefficient (Wildman–Crippen LogP) is 3.03. The highest BCUT2D eigenvalue weighted by Crippen LogP contribution is 2.30. The Labute approximate surface area is 129 Å². The summed E-state index contributed by atoms with van der Waals surface area (Å²) in [5, 5.41) is 3.55. The average Bonchev–Trinajstić information content (AvgIpc) is 3.18. The molecule has 3 nitrogen and oxygen atoms in total. The first-order chi connectivity index (χ1) is 10.3. The van der Waals surface area contributed by atoms with E-state index in [-0.39, 0.29) is 0 Å². The highest BCUT2D eigenvalue weighted by molar-refractivity contribution is 5.55. The Hall–Kier alpha value is -1.06. The van der Waals surface area contributed by atoms with Gasteiger partial charge in [-0.1, -0.05) is 25.1 Å². The minimum Gasteiger partial charge on any atom is -0.370 e. The molecule has 0 aromatic heterocycles. The fourth-order valence-electron chi connectivity index (χ4n) is 3.92. The van der Waals surface area contributed by atoms with Crippen LogP contribution in [0.4, 0.5) is 5.69 Å². The van der Waals surface area contributed by atoms with Crippen molar-refractivity contribution in [2.45, 2.75) is 45.2 Å². The Morgan fingerprint density at radius 1 is 1.19 bits per heavy atom. The molecule has 0 saturated carbocycles. The number of nitrogens with zero attached hydrogens (tertiary/aromatic N) is 2. The number of benzene rings is 1. The van der Waals surface area contributed by atoms with Crippen LogP contribution in [0.15, 0.2) is 24.3 Å². The molecule has 0 aliphatic carbocycles. The third kappa shape index (κ3) is 3.24. The lowest BCUT2D eigenvalue weighted by atomic mass is 10.1. The van der Waals surface area contributed by atoms with Crippen molar-refractivity contribution in [1.82, 2.24) is 10.2 Å². The summed E-state index contributed by atoms with van der Waals surface area (Å²) in [4.78, 5) is 5.31. The smallest absolute Gasteiger partial charge is 0.0415 e. The summed E-state index contributed by atoms with van der Waals surface area (Å²) in [5.41, 5.74) is 2.88. The minimum absolute atomic E-state index is 0.428. The molecule has 21 heavy (non-hydrogen) atoms. The molecule has 0 spiro atoms. The molecule has 2 aliphatic rings. The van der Waals surface area contributed by atoms with E-state index in [1.165, 1.54) is 56.7 Å². The number of hydrogen-bond donors (Lipinski definition) is 1.